The third-order valence-electron chi connectivity index (χ3n) is 5.30. The Bertz CT molecular complexity index is 1770. The van der Waals surface area contributed by atoms with E-state index in [0.717, 1.165) is 25.0 Å². The Labute approximate surface area is 274 Å². The van der Waals surface area contributed by atoms with Crippen LogP contribution in [0.15, 0.2) is 94.7 Å². The second kappa shape index (κ2) is 16.7. The summed E-state index contributed by atoms with van der Waals surface area (Å²) in [5.41, 5.74) is 1.10. The van der Waals surface area contributed by atoms with Gasteiger partial charge in [0.2, 0.25) is 0 Å². The van der Waals surface area contributed by atoms with Crippen LogP contribution in [0.3, 0.4) is 0 Å². The average molecular weight is 689 g/mol. The van der Waals surface area contributed by atoms with Crippen molar-refractivity contribution in [1.29, 1.82) is 0 Å². The number of hydrogen-bond donors (Lipinski definition) is 2. The number of carbonyl (C=O) groups is 4. The predicted octanol–water partition coefficient (Wildman–Crippen LogP) is 2.80. The summed E-state index contributed by atoms with van der Waals surface area (Å²) in [6.07, 6.45) is 2.19. The maximum atomic E-state index is 11.6. The van der Waals surface area contributed by atoms with E-state index in [2.05, 4.69) is 0 Å². The van der Waals surface area contributed by atoms with Crippen molar-refractivity contribution in [3.63, 3.8) is 0 Å². The molecule has 0 aliphatic carbocycles. The normalized spacial score (nSPS) is 10.5. The first-order valence-corrected chi connectivity index (χ1v) is 15.1. The minimum absolute atomic E-state index is 0. The van der Waals surface area contributed by atoms with Crippen molar-refractivity contribution < 1.29 is 77.1 Å². The molecule has 0 fully saturated rings. The van der Waals surface area contributed by atoms with Gasteiger partial charge >= 0.3 is 0 Å². The Balaban J connectivity index is 0.000000353. The Morgan fingerprint density at radius 3 is 1.18 bits per heavy atom. The van der Waals surface area contributed by atoms with E-state index >= 15 is 0 Å². The van der Waals surface area contributed by atoms with Crippen LogP contribution < -0.4 is 10.2 Å². The summed E-state index contributed by atoms with van der Waals surface area (Å²) >= 11 is 0. The molecule has 0 bridgehead atoms. The minimum atomic E-state index is -4.69. The molecule has 2 N–H and O–H groups in total. The Hall–Kier alpha value is -4.31. The molecular formula is C30H24O12S2Ti-4. The molecule has 4 aromatic rings. The van der Waals surface area contributed by atoms with Crippen LogP contribution in [0.5, 0.6) is 11.5 Å². The first-order valence-electron chi connectivity index (χ1n) is 12.2. The predicted molar refractivity (Wildman–Crippen MR) is 154 cm³/mol. The molecule has 0 spiro atoms. The van der Waals surface area contributed by atoms with E-state index in [1.54, 1.807) is 48.5 Å². The first kappa shape index (κ1) is 38.7. The topological polar surface area (TPSA) is 223 Å². The zero-order valence-electron chi connectivity index (χ0n) is 23.5. The maximum absolute atomic E-state index is 11.6. The molecule has 0 aliphatic heterocycles. The van der Waals surface area contributed by atoms with Crippen LogP contribution in [0, 0.1) is 12.8 Å². The zero-order valence-corrected chi connectivity index (χ0v) is 26.7. The second-order valence-electron chi connectivity index (χ2n) is 8.86. The van der Waals surface area contributed by atoms with Gasteiger partial charge in [-0.15, -0.1) is 59.7 Å². The molecule has 4 rings (SSSR count). The molecule has 0 saturated carbocycles. The van der Waals surface area contributed by atoms with Gasteiger partial charge in [-0.3, -0.25) is 9.11 Å². The molecule has 45 heavy (non-hydrogen) atoms. The summed E-state index contributed by atoms with van der Waals surface area (Å²) in [4.78, 5) is 41.9. The Morgan fingerprint density at radius 1 is 0.600 bits per heavy atom. The van der Waals surface area contributed by atoms with Crippen molar-refractivity contribution >= 4 is 54.1 Å². The molecule has 0 heterocycles. The fourth-order valence-electron chi connectivity index (χ4n) is 3.42. The van der Waals surface area contributed by atoms with Crippen molar-refractivity contribution in [3.8, 4) is 11.5 Å². The molecule has 0 aromatic heterocycles. The van der Waals surface area contributed by atoms with Crippen LogP contribution in [0.2, 0.25) is 0 Å². The molecule has 236 valence electrons. The van der Waals surface area contributed by atoms with Gasteiger partial charge in [-0.1, -0.05) is 36.4 Å². The van der Waals surface area contributed by atoms with E-state index in [9.17, 15) is 46.2 Å². The van der Waals surface area contributed by atoms with Crippen molar-refractivity contribution in [2.24, 2.45) is 0 Å². The van der Waals surface area contributed by atoms with Crippen LogP contribution >= 0.6 is 0 Å². The largest absolute Gasteiger partial charge is 0.872 e. The number of fused-ring (bicyclic) bond motifs is 1. The standard InChI is InChI=1S/C10H8O8S2.2C10H9O2.Ti/c11-8-3-6(19(13,14)15)1-5-2-7(20(16,17)18)4-9(12)10(5)8;2*1-8(11)7-10(12)9-5-3-2-4-6-9;/h1-4,11-12H,(H,13,14,15)(H,16,17,18);2*2-7H,1H3;/q;2*-1;/p-2. The third-order valence-corrected chi connectivity index (χ3v) is 6.97. The van der Waals surface area contributed by atoms with Crippen molar-refractivity contribution in [2.45, 2.75) is 23.6 Å². The number of rotatable bonds is 8. The van der Waals surface area contributed by atoms with E-state index in [1.165, 1.54) is 13.8 Å². The average Bonchev–Trinajstić information content (AvgIpc) is 2.92. The Kier molecular flexibility index (Phi) is 14.4. The van der Waals surface area contributed by atoms with Crippen molar-refractivity contribution in [2.75, 3.05) is 0 Å². The van der Waals surface area contributed by atoms with Gasteiger partial charge in [0, 0.05) is 33.3 Å². The van der Waals surface area contributed by atoms with E-state index < -0.39 is 46.9 Å². The number of carbonyl (C=O) groups excluding carboxylic acids is 4. The number of ketones is 4. The molecule has 4 aromatic carbocycles. The van der Waals surface area contributed by atoms with Gasteiger partial charge in [-0.05, 0) is 48.9 Å². The van der Waals surface area contributed by atoms with E-state index in [4.69, 9.17) is 9.11 Å². The van der Waals surface area contributed by atoms with Gasteiger partial charge in [0.15, 0.2) is 0 Å². The second-order valence-corrected chi connectivity index (χ2v) is 11.7. The monoisotopic (exact) mass is 688 g/mol. The molecule has 0 radical (unpaired) electrons. The summed E-state index contributed by atoms with van der Waals surface area (Å²) in [5.74, 6) is -2.87. The van der Waals surface area contributed by atoms with Gasteiger partial charge < -0.3 is 29.4 Å². The summed E-state index contributed by atoms with van der Waals surface area (Å²) in [6.45, 7) is 2.72. The zero-order chi connectivity index (χ0) is 33.2. The fraction of sp³-hybridized carbons (Fsp3) is 0.0667. The minimum Gasteiger partial charge on any atom is -0.872 e. The Morgan fingerprint density at radius 2 is 0.911 bits per heavy atom. The molecule has 0 aliphatic rings. The van der Waals surface area contributed by atoms with Crippen molar-refractivity contribution in [1.82, 2.24) is 0 Å². The van der Waals surface area contributed by atoms with Crippen LogP contribution in [-0.2, 0) is 51.5 Å². The summed E-state index contributed by atoms with van der Waals surface area (Å²) in [5, 5.41) is 22.5. The molecular weight excluding hydrogens is 664 g/mol. The first-order chi connectivity index (χ1) is 20.4. The number of hydrogen-bond acceptors (Lipinski definition) is 10. The van der Waals surface area contributed by atoms with Crippen LogP contribution in [0.1, 0.15) is 34.6 Å². The fourth-order valence-corrected chi connectivity index (χ4v) is 4.49. The molecule has 0 saturated heterocycles. The van der Waals surface area contributed by atoms with Gasteiger partial charge in [-0.25, -0.2) is 0 Å². The molecule has 12 nitrogen and oxygen atoms in total. The van der Waals surface area contributed by atoms with Gasteiger partial charge in [0.25, 0.3) is 20.2 Å². The summed E-state index contributed by atoms with van der Waals surface area (Å²) in [7, 11) is -9.38. The molecule has 0 amide bonds. The molecule has 0 unspecified atom stereocenters. The quantitative estimate of drug-likeness (QED) is 0.0897. The van der Waals surface area contributed by atoms with E-state index in [0.29, 0.717) is 23.3 Å². The smallest absolute Gasteiger partial charge is 0.294 e. The maximum Gasteiger partial charge on any atom is 0.294 e. The van der Waals surface area contributed by atoms with Gasteiger partial charge in [-0.2, -0.15) is 16.8 Å². The molecule has 15 heteroatoms. The van der Waals surface area contributed by atoms with Crippen LogP contribution in [0.25, 0.3) is 10.8 Å². The SMILES string of the molecule is CC(=O)[CH-]C(=O)c1ccccc1.CC(=O)[CH-]C(=O)c1ccccc1.O=S(=O)(O)c1cc([O-])c2c([O-])cc(S(=O)(=O)O)cc2c1.[Ti]. The summed E-state index contributed by atoms with van der Waals surface area (Å²) < 4.78 is 61.6. The van der Waals surface area contributed by atoms with Crippen LogP contribution in [0.4, 0.5) is 0 Å². The van der Waals surface area contributed by atoms with Crippen LogP contribution in [-0.4, -0.2) is 49.1 Å². The van der Waals surface area contributed by atoms with E-state index in [-0.39, 0.29) is 50.2 Å². The van der Waals surface area contributed by atoms with E-state index in [1.807, 2.05) is 12.1 Å². The number of Topliss-reactive ketones (excluding diaryl/α,β-unsaturated/α-hetero) is 4. The molecule has 0 atom stereocenters. The van der Waals surface area contributed by atoms with Gasteiger partial charge in [0.05, 0.1) is 21.4 Å². The third kappa shape index (κ3) is 12.3. The van der Waals surface area contributed by atoms with Gasteiger partial charge in [0.1, 0.15) is 0 Å². The number of benzene rings is 4. The summed E-state index contributed by atoms with van der Waals surface area (Å²) in [6, 6.07) is 20.1. The van der Waals surface area contributed by atoms with Crippen molar-refractivity contribution in [3.05, 3.63) is 109 Å².